The Morgan fingerprint density at radius 1 is 0.968 bits per heavy atom. The third-order valence-corrected chi connectivity index (χ3v) is 5.59. The van der Waals surface area contributed by atoms with Crippen molar-refractivity contribution < 1.29 is 24.5 Å². The van der Waals surface area contributed by atoms with Gasteiger partial charge in [-0.25, -0.2) is 9.59 Å². The van der Waals surface area contributed by atoms with E-state index in [4.69, 9.17) is 4.74 Å². The van der Waals surface area contributed by atoms with Crippen molar-refractivity contribution in [2.75, 3.05) is 6.61 Å². The highest BCUT2D eigenvalue weighted by molar-refractivity contribution is 5.79. The SMILES string of the molecule is Cc1cccc([C@H](NC(=O)OCC2c3ccccc3-c3ccccc32)[C@H](O)C(=O)O)c1. The zero-order valence-electron chi connectivity index (χ0n) is 17.0. The van der Waals surface area contributed by atoms with E-state index in [0.29, 0.717) is 5.56 Å². The highest BCUT2D eigenvalue weighted by atomic mass is 16.5. The second-order valence-electron chi connectivity index (χ2n) is 7.64. The molecule has 1 aliphatic carbocycles. The van der Waals surface area contributed by atoms with Crippen LogP contribution in [0.3, 0.4) is 0 Å². The summed E-state index contributed by atoms with van der Waals surface area (Å²) in [5, 5.41) is 21.9. The van der Waals surface area contributed by atoms with Crippen molar-refractivity contribution in [3.63, 3.8) is 0 Å². The first-order valence-corrected chi connectivity index (χ1v) is 10.0. The topological polar surface area (TPSA) is 95.9 Å². The molecule has 158 valence electrons. The van der Waals surface area contributed by atoms with Gasteiger partial charge in [0.2, 0.25) is 0 Å². The van der Waals surface area contributed by atoms with Gasteiger partial charge in [0.25, 0.3) is 0 Å². The predicted molar refractivity (Wildman–Crippen MR) is 116 cm³/mol. The molecule has 1 amide bonds. The number of alkyl carbamates (subject to hydrolysis) is 1. The molecule has 0 aliphatic heterocycles. The van der Waals surface area contributed by atoms with E-state index >= 15 is 0 Å². The van der Waals surface area contributed by atoms with Gasteiger partial charge in [0, 0.05) is 5.92 Å². The largest absolute Gasteiger partial charge is 0.479 e. The molecular formula is C25H23NO5. The third-order valence-electron chi connectivity index (χ3n) is 5.59. The zero-order valence-corrected chi connectivity index (χ0v) is 17.0. The van der Waals surface area contributed by atoms with Crippen molar-refractivity contribution in [1.82, 2.24) is 5.32 Å². The molecule has 2 atom stereocenters. The van der Waals surface area contributed by atoms with Gasteiger partial charge in [-0.15, -0.1) is 0 Å². The molecule has 1 aliphatic rings. The first-order valence-electron chi connectivity index (χ1n) is 10.0. The minimum Gasteiger partial charge on any atom is -0.479 e. The van der Waals surface area contributed by atoms with Crippen molar-refractivity contribution >= 4 is 12.1 Å². The van der Waals surface area contributed by atoms with Crippen molar-refractivity contribution in [3.8, 4) is 11.1 Å². The Hall–Kier alpha value is -3.64. The molecule has 6 nitrogen and oxygen atoms in total. The maximum atomic E-state index is 12.6. The summed E-state index contributed by atoms with van der Waals surface area (Å²) in [4.78, 5) is 24.0. The Morgan fingerprint density at radius 3 is 2.16 bits per heavy atom. The van der Waals surface area contributed by atoms with Crippen LogP contribution >= 0.6 is 0 Å². The number of carbonyl (C=O) groups excluding carboxylic acids is 1. The number of hydrogen-bond acceptors (Lipinski definition) is 4. The van der Waals surface area contributed by atoms with Crippen LogP contribution in [0, 0.1) is 6.92 Å². The average molecular weight is 417 g/mol. The summed E-state index contributed by atoms with van der Waals surface area (Å²) in [7, 11) is 0. The molecule has 4 rings (SSSR count). The van der Waals surface area contributed by atoms with E-state index in [1.54, 1.807) is 18.2 Å². The Bertz CT molecular complexity index is 1080. The Balaban J connectivity index is 1.51. The van der Waals surface area contributed by atoms with Gasteiger partial charge < -0.3 is 20.3 Å². The van der Waals surface area contributed by atoms with Crippen LogP contribution in [0.15, 0.2) is 72.8 Å². The number of nitrogens with one attached hydrogen (secondary N) is 1. The molecule has 31 heavy (non-hydrogen) atoms. The van der Waals surface area contributed by atoms with Gasteiger partial charge in [0.1, 0.15) is 6.61 Å². The molecule has 0 heterocycles. The second-order valence-corrected chi connectivity index (χ2v) is 7.64. The number of rotatable bonds is 6. The number of benzene rings is 3. The Kier molecular flexibility index (Phi) is 5.73. The first kappa shape index (κ1) is 20.6. The summed E-state index contributed by atoms with van der Waals surface area (Å²) in [6.07, 6.45) is -2.59. The van der Waals surface area contributed by atoms with Gasteiger partial charge in [-0.2, -0.15) is 0 Å². The number of aliphatic hydroxyl groups excluding tert-OH is 1. The molecule has 3 aromatic rings. The van der Waals surface area contributed by atoms with Gasteiger partial charge in [-0.05, 0) is 34.7 Å². The fourth-order valence-corrected chi connectivity index (χ4v) is 4.12. The van der Waals surface area contributed by atoms with Crippen LogP contribution in [0.25, 0.3) is 11.1 Å². The predicted octanol–water partition coefficient (Wildman–Crippen LogP) is 4.02. The van der Waals surface area contributed by atoms with Crippen LogP contribution < -0.4 is 5.32 Å². The number of ether oxygens (including phenoxy) is 1. The lowest BCUT2D eigenvalue weighted by Crippen LogP contribution is -2.40. The Labute approximate surface area is 180 Å². The van der Waals surface area contributed by atoms with Crippen LogP contribution in [0.5, 0.6) is 0 Å². The van der Waals surface area contributed by atoms with Crippen LogP contribution in [-0.2, 0) is 9.53 Å². The fraction of sp³-hybridized carbons (Fsp3) is 0.200. The highest BCUT2D eigenvalue weighted by Gasteiger charge is 2.32. The van der Waals surface area contributed by atoms with Crippen LogP contribution in [0.1, 0.15) is 34.2 Å². The summed E-state index contributed by atoms with van der Waals surface area (Å²) in [6.45, 7) is 1.95. The lowest BCUT2D eigenvalue weighted by molar-refractivity contribution is -0.148. The smallest absolute Gasteiger partial charge is 0.407 e. The van der Waals surface area contributed by atoms with E-state index < -0.39 is 24.2 Å². The van der Waals surface area contributed by atoms with Gasteiger partial charge >= 0.3 is 12.1 Å². The molecule has 0 fully saturated rings. The zero-order chi connectivity index (χ0) is 22.0. The van der Waals surface area contributed by atoms with Crippen molar-refractivity contribution in [3.05, 3.63) is 95.1 Å². The molecule has 0 spiro atoms. The number of aliphatic hydroxyl groups is 1. The number of amides is 1. The van der Waals surface area contributed by atoms with E-state index in [0.717, 1.165) is 27.8 Å². The molecule has 0 saturated heterocycles. The van der Waals surface area contributed by atoms with E-state index in [2.05, 4.69) is 5.32 Å². The number of hydrogen-bond donors (Lipinski definition) is 3. The summed E-state index contributed by atoms with van der Waals surface area (Å²) >= 11 is 0. The monoisotopic (exact) mass is 417 g/mol. The molecule has 0 saturated carbocycles. The first-order chi connectivity index (χ1) is 15.0. The molecule has 0 bridgehead atoms. The average Bonchev–Trinajstić information content (AvgIpc) is 3.09. The van der Waals surface area contributed by atoms with Crippen molar-refractivity contribution in [2.45, 2.75) is 25.0 Å². The quantitative estimate of drug-likeness (QED) is 0.563. The molecular weight excluding hydrogens is 394 g/mol. The molecule has 0 unspecified atom stereocenters. The number of aliphatic carboxylic acids is 1. The minimum absolute atomic E-state index is 0.101. The maximum Gasteiger partial charge on any atom is 0.407 e. The Morgan fingerprint density at radius 2 is 1.58 bits per heavy atom. The fourth-order valence-electron chi connectivity index (χ4n) is 4.12. The van der Waals surface area contributed by atoms with Gasteiger partial charge in [-0.3, -0.25) is 0 Å². The van der Waals surface area contributed by atoms with Gasteiger partial charge in [0.15, 0.2) is 6.10 Å². The molecule has 0 aromatic heterocycles. The van der Waals surface area contributed by atoms with Gasteiger partial charge in [-0.1, -0.05) is 78.4 Å². The van der Waals surface area contributed by atoms with E-state index in [1.807, 2.05) is 61.5 Å². The normalized spacial score (nSPS) is 14.3. The molecule has 0 radical (unpaired) electrons. The number of carboxylic acids is 1. The number of carbonyl (C=O) groups is 2. The summed E-state index contributed by atoms with van der Waals surface area (Å²) in [5.74, 6) is -1.54. The summed E-state index contributed by atoms with van der Waals surface area (Å²) in [5.41, 5.74) is 5.77. The van der Waals surface area contributed by atoms with E-state index in [-0.39, 0.29) is 12.5 Å². The second kappa shape index (κ2) is 8.62. The summed E-state index contributed by atoms with van der Waals surface area (Å²) < 4.78 is 5.50. The molecule has 3 aromatic carbocycles. The summed E-state index contributed by atoms with van der Waals surface area (Å²) in [6, 6.07) is 21.8. The third kappa shape index (κ3) is 4.15. The van der Waals surface area contributed by atoms with Gasteiger partial charge in [0.05, 0.1) is 6.04 Å². The standard InChI is InChI=1S/C25H23NO5/c1-15-7-6-8-16(13-15)22(23(27)24(28)29)26-25(30)31-14-21-19-11-4-2-9-17(19)18-10-3-5-12-20(18)21/h2-13,21-23,27H,14H2,1H3,(H,26,30)(H,28,29)/t22-,23-/m0/s1. The number of fused-ring (bicyclic) bond motifs is 3. The lowest BCUT2D eigenvalue weighted by Gasteiger charge is -2.23. The van der Waals surface area contributed by atoms with E-state index in [9.17, 15) is 19.8 Å². The van der Waals surface area contributed by atoms with Crippen LogP contribution in [-0.4, -0.2) is 35.0 Å². The number of aryl methyl sites for hydroxylation is 1. The lowest BCUT2D eigenvalue weighted by atomic mass is 9.98. The highest BCUT2D eigenvalue weighted by Crippen LogP contribution is 2.44. The van der Waals surface area contributed by atoms with E-state index in [1.165, 1.54) is 0 Å². The minimum atomic E-state index is -1.80. The maximum absolute atomic E-state index is 12.6. The van der Waals surface area contributed by atoms with Crippen LogP contribution in [0.4, 0.5) is 4.79 Å². The molecule has 6 heteroatoms. The molecule has 3 N–H and O–H groups in total. The van der Waals surface area contributed by atoms with Crippen molar-refractivity contribution in [1.29, 1.82) is 0 Å². The number of carboxylic acid groups (broad SMARTS) is 1. The van der Waals surface area contributed by atoms with Crippen molar-refractivity contribution in [2.24, 2.45) is 0 Å². The van der Waals surface area contributed by atoms with Crippen LogP contribution in [0.2, 0.25) is 0 Å².